The molecule has 0 aliphatic carbocycles. The van der Waals surface area contributed by atoms with Crippen LogP contribution in [0.3, 0.4) is 0 Å². The van der Waals surface area contributed by atoms with Crippen LogP contribution in [0.5, 0.6) is 17.2 Å². The Bertz CT molecular complexity index is 858. The molecule has 0 bridgehead atoms. The number of carboxylic acid groups (broad SMARTS) is 1. The largest absolute Gasteiger partial charge is 0.507 e. The highest BCUT2D eigenvalue weighted by molar-refractivity contribution is 7.91. The number of hydrogen-bond acceptors (Lipinski definition) is 6. The van der Waals surface area contributed by atoms with Crippen molar-refractivity contribution in [3.63, 3.8) is 0 Å². The van der Waals surface area contributed by atoms with Crippen molar-refractivity contribution in [2.24, 2.45) is 0 Å². The number of carboxylic acids is 1. The van der Waals surface area contributed by atoms with Gasteiger partial charge >= 0.3 is 5.97 Å². The van der Waals surface area contributed by atoms with Crippen LogP contribution < -0.4 is 9.47 Å². The van der Waals surface area contributed by atoms with Crippen molar-refractivity contribution >= 4 is 15.8 Å². The highest BCUT2D eigenvalue weighted by Crippen LogP contribution is 2.24. The van der Waals surface area contributed by atoms with Crippen molar-refractivity contribution in [3.8, 4) is 17.2 Å². The third-order valence-electron chi connectivity index (χ3n) is 3.69. The van der Waals surface area contributed by atoms with E-state index in [-0.39, 0.29) is 28.6 Å². The zero-order valence-electron chi connectivity index (χ0n) is 14.2. The predicted octanol–water partition coefficient (Wildman–Crippen LogP) is 2.73. The second-order valence-electron chi connectivity index (χ2n) is 5.53. The van der Waals surface area contributed by atoms with Crippen molar-refractivity contribution < 1.29 is 32.9 Å². The summed E-state index contributed by atoms with van der Waals surface area (Å²) in [6, 6.07) is 10.1. The smallest absolute Gasteiger partial charge is 0.339 e. The van der Waals surface area contributed by atoms with Crippen LogP contribution in [-0.4, -0.2) is 44.1 Å². The summed E-state index contributed by atoms with van der Waals surface area (Å²) in [5.74, 6) is -0.693. The second kappa shape index (κ2) is 8.57. The van der Waals surface area contributed by atoms with E-state index in [1.807, 2.05) is 0 Å². The van der Waals surface area contributed by atoms with Gasteiger partial charge in [0.2, 0.25) is 0 Å². The molecule has 0 heterocycles. The molecule has 0 aliphatic rings. The molecule has 0 aromatic heterocycles. The first-order chi connectivity index (χ1) is 12.3. The van der Waals surface area contributed by atoms with Gasteiger partial charge in [0.15, 0.2) is 9.84 Å². The number of benzene rings is 2. The maximum Gasteiger partial charge on any atom is 0.339 e. The number of aromatic hydroxyl groups is 1. The summed E-state index contributed by atoms with van der Waals surface area (Å²) < 4.78 is 34.9. The number of aromatic carboxylic acids is 1. The van der Waals surface area contributed by atoms with Crippen LogP contribution in [0.4, 0.5) is 0 Å². The molecule has 0 saturated heterocycles. The minimum atomic E-state index is -3.37. The van der Waals surface area contributed by atoms with Gasteiger partial charge in [-0.1, -0.05) is 0 Å². The number of unbranched alkanes of at least 4 members (excludes halogenated alkanes) is 1. The lowest BCUT2D eigenvalue weighted by Gasteiger charge is -2.08. The third-order valence-corrected chi connectivity index (χ3v) is 5.51. The standard InChI is InChI=1S/C18H20O7S/c1-24-13-4-7-15(8-5-13)26(22,23)11-3-2-10-25-14-6-9-16(18(20)21)17(19)12-14/h4-9,12,19H,2-3,10-11H2,1H3,(H,20,21). The fraction of sp³-hybridized carbons (Fsp3) is 0.278. The van der Waals surface area contributed by atoms with Gasteiger partial charge in [0.25, 0.3) is 0 Å². The van der Waals surface area contributed by atoms with E-state index in [0.717, 1.165) is 0 Å². The fourth-order valence-corrected chi connectivity index (χ4v) is 3.64. The quantitative estimate of drug-likeness (QED) is 0.644. The Morgan fingerprint density at radius 3 is 2.27 bits per heavy atom. The Labute approximate surface area is 151 Å². The van der Waals surface area contributed by atoms with Gasteiger partial charge in [-0.2, -0.15) is 0 Å². The number of hydrogen-bond donors (Lipinski definition) is 2. The van der Waals surface area contributed by atoms with Gasteiger partial charge in [-0.05, 0) is 49.2 Å². The maximum absolute atomic E-state index is 12.2. The lowest BCUT2D eigenvalue weighted by molar-refractivity contribution is 0.0693. The molecular weight excluding hydrogens is 360 g/mol. The fourth-order valence-electron chi connectivity index (χ4n) is 2.27. The molecule has 0 fully saturated rings. The maximum atomic E-state index is 12.2. The van der Waals surface area contributed by atoms with E-state index in [1.165, 1.54) is 37.4 Å². The predicted molar refractivity (Wildman–Crippen MR) is 94.8 cm³/mol. The lowest BCUT2D eigenvalue weighted by atomic mass is 10.2. The Kier molecular flexibility index (Phi) is 6.46. The molecule has 0 aliphatic heterocycles. The van der Waals surface area contributed by atoms with Gasteiger partial charge in [-0.25, -0.2) is 13.2 Å². The summed E-state index contributed by atoms with van der Waals surface area (Å²) in [6.45, 7) is 0.254. The van der Waals surface area contributed by atoms with Crippen molar-refractivity contribution in [2.45, 2.75) is 17.7 Å². The van der Waals surface area contributed by atoms with Crippen LogP contribution in [0, 0.1) is 0 Å². The van der Waals surface area contributed by atoms with Gasteiger partial charge in [0, 0.05) is 6.07 Å². The van der Waals surface area contributed by atoms with Gasteiger partial charge in [-0.3, -0.25) is 0 Å². The van der Waals surface area contributed by atoms with Gasteiger partial charge in [0.05, 0.1) is 24.4 Å². The second-order valence-corrected chi connectivity index (χ2v) is 7.64. The van der Waals surface area contributed by atoms with E-state index in [1.54, 1.807) is 12.1 Å². The molecule has 2 aromatic carbocycles. The number of rotatable bonds is 9. The summed E-state index contributed by atoms with van der Waals surface area (Å²) >= 11 is 0. The van der Waals surface area contributed by atoms with E-state index in [4.69, 9.17) is 14.6 Å². The number of ether oxygens (including phenoxy) is 2. The number of carbonyl (C=O) groups is 1. The molecule has 8 heteroatoms. The Balaban J connectivity index is 1.81. The number of methoxy groups -OCH3 is 1. The van der Waals surface area contributed by atoms with Crippen molar-refractivity contribution in [1.29, 1.82) is 0 Å². The molecule has 2 aromatic rings. The topological polar surface area (TPSA) is 110 Å². The van der Waals surface area contributed by atoms with Crippen LogP contribution >= 0.6 is 0 Å². The molecule has 7 nitrogen and oxygen atoms in total. The van der Waals surface area contributed by atoms with E-state index in [9.17, 15) is 18.3 Å². The van der Waals surface area contributed by atoms with Crippen LogP contribution in [0.2, 0.25) is 0 Å². The lowest BCUT2D eigenvalue weighted by Crippen LogP contribution is -2.08. The molecule has 2 N–H and O–H groups in total. The van der Waals surface area contributed by atoms with E-state index in [2.05, 4.69) is 0 Å². The minimum absolute atomic E-state index is 0.00804. The summed E-state index contributed by atoms with van der Waals surface area (Å²) in [6.07, 6.45) is 0.907. The molecule has 26 heavy (non-hydrogen) atoms. The van der Waals surface area contributed by atoms with Crippen molar-refractivity contribution in [1.82, 2.24) is 0 Å². The highest BCUT2D eigenvalue weighted by Gasteiger charge is 2.14. The molecule has 0 spiro atoms. The van der Waals surface area contributed by atoms with Gasteiger partial charge in [0.1, 0.15) is 22.8 Å². The van der Waals surface area contributed by atoms with E-state index < -0.39 is 15.8 Å². The average Bonchev–Trinajstić information content (AvgIpc) is 2.61. The molecule has 0 amide bonds. The molecule has 2 rings (SSSR count). The summed E-state index contributed by atoms with van der Waals surface area (Å²) in [5, 5.41) is 18.4. The Morgan fingerprint density at radius 2 is 1.69 bits per heavy atom. The monoisotopic (exact) mass is 380 g/mol. The molecule has 0 unspecified atom stereocenters. The third kappa shape index (κ3) is 5.13. The molecule has 140 valence electrons. The molecular formula is C18H20O7S. The Morgan fingerprint density at radius 1 is 1.04 bits per heavy atom. The highest BCUT2D eigenvalue weighted by atomic mass is 32.2. The van der Waals surface area contributed by atoms with E-state index in [0.29, 0.717) is 24.3 Å². The van der Waals surface area contributed by atoms with Crippen LogP contribution in [0.25, 0.3) is 0 Å². The summed E-state index contributed by atoms with van der Waals surface area (Å²) in [5.41, 5.74) is -0.206. The zero-order chi connectivity index (χ0) is 19.2. The van der Waals surface area contributed by atoms with E-state index >= 15 is 0 Å². The number of sulfone groups is 1. The average molecular weight is 380 g/mol. The minimum Gasteiger partial charge on any atom is -0.507 e. The number of phenols is 1. The SMILES string of the molecule is COc1ccc(S(=O)(=O)CCCCOc2ccc(C(=O)O)c(O)c2)cc1. The normalized spacial score (nSPS) is 11.1. The Hall–Kier alpha value is -2.74. The first-order valence-electron chi connectivity index (χ1n) is 7.89. The molecule has 0 radical (unpaired) electrons. The van der Waals surface area contributed by atoms with Gasteiger partial charge in [-0.15, -0.1) is 0 Å². The molecule has 0 saturated carbocycles. The van der Waals surface area contributed by atoms with Crippen LogP contribution in [0.1, 0.15) is 23.2 Å². The zero-order valence-corrected chi connectivity index (χ0v) is 15.0. The molecule has 0 atom stereocenters. The van der Waals surface area contributed by atoms with Crippen LogP contribution in [-0.2, 0) is 9.84 Å². The van der Waals surface area contributed by atoms with Gasteiger partial charge < -0.3 is 19.7 Å². The van der Waals surface area contributed by atoms with Crippen LogP contribution in [0.15, 0.2) is 47.4 Å². The first kappa shape index (κ1) is 19.6. The van der Waals surface area contributed by atoms with Crippen molar-refractivity contribution in [3.05, 3.63) is 48.0 Å². The first-order valence-corrected chi connectivity index (χ1v) is 9.54. The summed E-state index contributed by atoms with van der Waals surface area (Å²) in [7, 11) is -1.86. The summed E-state index contributed by atoms with van der Waals surface area (Å²) in [4.78, 5) is 11.1. The van der Waals surface area contributed by atoms with Crippen molar-refractivity contribution in [2.75, 3.05) is 19.5 Å².